The Labute approximate surface area is 165 Å². The van der Waals surface area contributed by atoms with Crippen molar-refractivity contribution >= 4 is 46.3 Å². The normalized spacial score (nSPS) is 16.9. The van der Waals surface area contributed by atoms with Crippen molar-refractivity contribution in [1.82, 2.24) is 4.98 Å². The number of thioether (sulfide) groups is 1. The second-order valence-corrected chi connectivity index (χ2v) is 6.97. The van der Waals surface area contributed by atoms with E-state index in [2.05, 4.69) is 9.98 Å². The number of carbonyl (C=O) groups is 2. The molecule has 0 bridgehead atoms. The van der Waals surface area contributed by atoms with Crippen LogP contribution in [0.2, 0.25) is 0 Å². The van der Waals surface area contributed by atoms with Gasteiger partial charge >= 0.3 is 5.97 Å². The maximum absolute atomic E-state index is 13.1. The first-order chi connectivity index (χ1) is 13.6. The van der Waals surface area contributed by atoms with E-state index < -0.39 is 5.97 Å². The number of aromatic amines is 1. The van der Waals surface area contributed by atoms with Gasteiger partial charge in [-0.05, 0) is 60.3 Å². The van der Waals surface area contributed by atoms with Crippen LogP contribution in [0.4, 0.5) is 11.4 Å². The molecule has 0 aliphatic carbocycles. The zero-order valence-electron chi connectivity index (χ0n) is 14.6. The van der Waals surface area contributed by atoms with Gasteiger partial charge in [-0.15, -0.1) is 0 Å². The number of aromatic carboxylic acids is 1. The summed E-state index contributed by atoms with van der Waals surface area (Å²) in [5, 5.41) is 9.67. The van der Waals surface area contributed by atoms with Crippen LogP contribution in [0.5, 0.6) is 0 Å². The van der Waals surface area contributed by atoms with Crippen molar-refractivity contribution in [2.24, 2.45) is 4.99 Å². The van der Waals surface area contributed by atoms with Gasteiger partial charge in [0.1, 0.15) is 0 Å². The maximum atomic E-state index is 13.1. The predicted molar refractivity (Wildman–Crippen MR) is 111 cm³/mol. The third-order valence-electron chi connectivity index (χ3n) is 4.05. The number of amides is 1. The number of hydrogen-bond acceptors (Lipinski definition) is 4. The fourth-order valence-electron chi connectivity index (χ4n) is 2.75. The minimum Gasteiger partial charge on any atom is -0.478 e. The standard InChI is InChI=1S/C21H15N3O3S/c25-19-18(13-15-8-5-11-22-15)28-21(24(19)17-9-2-1-3-10-17)23-16-7-4-6-14(12-16)20(26)27/h1-13,22H,(H,26,27)/b18-13+,23-21?. The van der Waals surface area contributed by atoms with E-state index in [0.29, 0.717) is 21.4 Å². The van der Waals surface area contributed by atoms with Crippen molar-refractivity contribution in [3.05, 3.63) is 89.1 Å². The molecule has 0 radical (unpaired) electrons. The van der Waals surface area contributed by atoms with Gasteiger partial charge in [-0.25, -0.2) is 9.79 Å². The number of rotatable bonds is 4. The van der Waals surface area contributed by atoms with Crippen molar-refractivity contribution in [2.45, 2.75) is 0 Å². The third kappa shape index (κ3) is 3.60. The number of carbonyl (C=O) groups excluding carboxylic acids is 1. The lowest BCUT2D eigenvalue weighted by atomic mass is 10.2. The first kappa shape index (κ1) is 17.8. The van der Waals surface area contributed by atoms with E-state index in [4.69, 9.17) is 0 Å². The second kappa shape index (κ2) is 7.58. The van der Waals surface area contributed by atoms with E-state index in [1.54, 1.807) is 24.4 Å². The van der Waals surface area contributed by atoms with Crippen LogP contribution in [0.25, 0.3) is 6.08 Å². The fourth-order valence-corrected chi connectivity index (χ4v) is 3.74. The van der Waals surface area contributed by atoms with E-state index in [1.165, 1.54) is 28.8 Å². The molecule has 1 aliphatic heterocycles. The van der Waals surface area contributed by atoms with E-state index in [1.807, 2.05) is 42.5 Å². The highest BCUT2D eigenvalue weighted by atomic mass is 32.2. The summed E-state index contributed by atoms with van der Waals surface area (Å²) in [4.78, 5) is 34.0. The molecule has 4 rings (SSSR count). The van der Waals surface area contributed by atoms with E-state index in [-0.39, 0.29) is 11.5 Å². The molecule has 1 aromatic heterocycles. The molecule has 1 fully saturated rings. The number of H-pyrrole nitrogens is 1. The van der Waals surface area contributed by atoms with E-state index in [9.17, 15) is 14.7 Å². The van der Waals surface area contributed by atoms with Crippen LogP contribution in [0.1, 0.15) is 16.1 Å². The number of amidine groups is 1. The maximum Gasteiger partial charge on any atom is 0.335 e. The molecular weight excluding hydrogens is 374 g/mol. The number of aromatic nitrogens is 1. The molecule has 1 amide bonds. The van der Waals surface area contributed by atoms with Gasteiger partial charge in [-0.2, -0.15) is 0 Å². The van der Waals surface area contributed by atoms with Gasteiger partial charge in [0.05, 0.1) is 21.8 Å². The Bertz CT molecular complexity index is 1090. The number of anilines is 1. The number of aliphatic imine (C=N–C) groups is 1. The SMILES string of the molecule is O=C(O)c1cccc(N=C2S/C(=C/c3ccc[nH]3)C(=O)N2c2ccccc2)c1. The van der Waals surface area contributed by atoms with Gasteiger partial charge in [-0.1, -0.05) is 24.3 Å². The molecule has 0 unspecified atom stereocenters. The Balaban J connectivity index is 1.78. The highest BCUT2D eigenvalue weighted by Crippen LogP contribution is 2.37. The van der Waals surface area contributed by atoms with Gasteiger partial charge in [0, 0.05) is 11.9 Å². The van der Waals surface area contributed by atoms with Crippen LogP contribution < -0.4 is 4.90 Å². The summed E-state index contributed by atoms with van der Waals surface area (Å²) >= 11 is 1.25. The molecule has 3 aromatic rings. The topological polar surface area (TPSA) is 85.8 Å². The summed E-state index contributed by atoms with van der Waals surface area (Å²) in [6, 6.07) is 19.3. The number of hydrogen-bond donors (Lipinski definition) is 2. The molecule has 0 spiro atoms. The minimum absolute atomic E-state index is 0.143. The van der Waals surface area contributed by atoms with Crippen LogP contribution in [-0.2, 0) is 4.79 Å². The summed E-state index contributed by atoms with van der Waals surface area (Å²) in [6.45, 7) is 0. The smallest absolute Gasteiger partial charge is 0.335 e. The summed E-state index contributed by atoms with van der Waals surface area (Å²) in [7, 11) is 0. The predicted octanol–water partition coefficient (Wildman–Crippen LogP) is 4.52. The lowest BCUT2D eigenvalue weighted by Crippen LogP contribution is -2.28. The molecule has 28 heavy (non-hydrogen) atoms. The fraction of sp³-hybridized carbons (Fsp3) is 0. The molecule has 2 heterocycles. The second-order valence-electron chi connectivity index (χ2n) is 5.96. The van der Waals surface area contributed by atoms with Crippen molar-refractivity contribution < 1.29 is 14.7 Å². The number of para-hydroxylation sites is 1. The van der Waals surface area contributed by atoms with Crippen molar-refractivity contribution in [3.63, 3.8) is 0 Å². The van der Waals surface area contributed by atoms with E-state index >= 15 is 0 Å². The summed E-state index contributed by atoms with van der Waals surface area (Å²) in [5.41, 5.74) is 2.13. The highest BCUT2D eigenvalue weighted by Gasteiger charge is 2.34. The van der Waals surface area contributed by atoms with Crippen molar-refractivity contribution in [2.75, 3.05) is 4.90 Å². The zero-order chi connectivity index (χ0) is 19.5. The highest BCUT2D eigenvalue weighted by molar-refractivity contribution is 8.19. The average Bonchev–Trinajstić information content (AvgIpc) is 3.31. The summed E-state index contributed by atoms with van der Waals surface area (Å²) < 4.78 is 0. The van der Waals surface area contributed by atoms with Crippen LogP contribution in [0.3, 0.4) is 0 Å². The molecule has 138 valence electrons. The Morgan fingerprint density at radius 3 is 2.61 bits per heavy atom. The molecule has 0 saturated carbocycles. The quantitative estimate of drug-likeness (QED) is 0.643. The Morgan fingerprint density at radius 1 is 1.07 bits per heavy atom. The lowest BCUT2D eigenvalue weighted by Gasteiger charge is -2.15. The summed E-state index contributed by atoms with van der Waals surface area (Å²) in [5.74, 6) is -1.21. The molecule has 7 heteroatoms. The van der Waals surface area contributed by atoms with Crippen LogP contribution in [0, 0.1) is 0 Å². The van der Waals surface area contributed by atoms with Crippen molar-refractivity contribution in [3.8, 4) is 0 Å². The molecule has 1 aliphatic rings. The number of nitrogens with zero attached hydrogens (tertiary/aromatic N) is 2. The first-order valence-electron chi connectivity index (χ1n) is 8.46. The molecule has 0 atom stereocenters. The monoisotopic (exact) mass is 389 g/mol. The largest absolute Gasteiger partial charge is 0.478 e. The van der Waals surface area contributed by atoms with Gasteiger partial charge in [0.15, 0.2) is 5.17 Å². The lowest BCUT2D eigenvalue weighted by molar-refractivity contribution is -0.113. The van der Waals surface area contributed by atoms with Gasteiger partial charge in [0.2, 0.25) is 0 Å². The van der Waals surface area contributed by atoms with E-state index in [0.717, 1.165) is 5.69 Å². The number of carboxylic acids is 1. The number of carboxylic acid groups (broad SMARTS) is 1. The first-order valence-corrected chi connectivity index (χ1v) is 9.28. The molecule has 2 aromatic carbocycles. The third-order valence-corrected chi connectivity index (χ3v) is 5.02. The van der Waals surface area contributed by atoms with Crippen LogP contribution in [-0.4, -0.2) is 27.1 Å². The molecule has 6 nitrogen and oxygen atoms in total. The van der Waals surface area contributed by atoms with Gasteiger partial charge in [0.25, 0.3) is 5.91 Å². The Kier molecular flexibility index (Phi) is 4.82. The molecule has 1 saturated heterocycles. The average molecular weight is 389 g/mol. The molecular formula is C21H15N3O3S. The van der Waals surface area contributed by atoms with Crippen LogP contribution >= 0.6 is 11.8 Å². The zero-order valence-corrected chi connectivity index (χ0v) is 15.4. The Hall–Kier alpha value is -3.58. The summed E-state index contributed by atoms with van der Waals surface area (Å²) in [6.07, 6.45) is 3.57. The van der Waals surface area contributed by atoms with Crippen molar-refractivity contribution in [1.29, 1.82) is 0 Å². The van der Waals surface area contributed by atoms with Gasteiger partial charge in [-0.3, -0.25) is 9.69 Å². The van der Waals surface area contributed by atoms with Crippen LogP contribution in [0.15, 0.2) is 82.8 Å². The Morgan fingerprint density at radius 2 is 1.89 bits per heavy atom. The minimum atomic E-state index is -1.02. The number of benzene rings is 2. The number of nitrogens with one attached hydrogen (secondary N) is 1. The molecule has 2 N–H and O–H groups in total. The van der Waals surface area contributed by atoms with Gasteiger partial charge < -0.3 is 10.1 Å².